The quantitative estimate of drug-likeness (QED) is 0.796. The van der Waals surface area contributed by atoms with Crippen molar-refractivity contribution in [3.8, 4) is 5.75 Å². The number of halogens is 1. The Bertz CT molecular complexity index is 598. The number of carbonyl (C=O) groups excluding carboxylic acids is 1. The van der Waals surface area contributed by atoms with Crippen molar-refractivity contribution in [3.63, 3.8) is 0 Å². The lowest BCUT2D eigenvalue weighted by atomic mass is 10.1. The molecule has 0 fully saturated rings. The highest BCUT2D eigenvalue weighted by molar-refractivity contribution is 9.10. The number of carbonyl (C=O) groups is 1. The van der Waals surface area contributed by atoms with E-state index in [-0.39, 0.29) is 11.9 Å². The summed E-state index contributed by atoms with van der Waals surface area (Å²) in [6.07, 6.45) is 1.94. The molecule has 1 N–H and O–H groups in total. The number of ether oxygens (including phenoxy) is 1. The van der Waals surface area contributed by atoms with Crippen molar-refractivity contribution in [1.29, 1.82) is 0 Å². The molecule has 1 atom stereocenters. The molecule has 0 saturated carbocycles. The van der Waals surface area contributed by atoms with Gasteiger partial charge in [0.2, 0.25) is 0 Å². The average molecular weight is 368 g/mol. The lowest BCUT2D eigenvalue weighted by Crippen LogP contribution is -2.28. The number of nitrogens with one attached hydrogen (secondary N) is 1. The van der Waals surface area contributed by atoms with Crippen molar-refractivity contribution >= 4 is 33.2 Å². The van der Waals surface area contributed by atoms with E-state index < -0.39 is 0 Å². The molecule has 0 bridgehead atoms. The Balaban J connectivity index is 2.19. The van der Waals surface area contributed by atoms with E-state index in [2.05, 4.69) is 34.2 Å². The Hall–Kier alpha value is -1.33. The summed E-state index contributed by atoms with van der Waals surface area (Å²) in [5, 5.41) is 5.14. The molecule has 1 heterocycles. The summed E-state index contributed by atoms with van der Waals surface area (Å²) in [5.74, 6) is 0.467. The lowest BCUT2D eigenvalue weighted by molar-refractivity contribution is 0.0932. The van der Waals surface area contributed by atoms with E-state index in [9.17, 15) is 4.79 Å². The van der Waals surface area contributed by atoms with E-state index in [1.54, 1.807) is 30.6 Å². The third-order valence-electron chi connectivity index (χ3n) is 3.18. The molecule has 0 radical (unpaired) electrons. The van der Waals surface area contributed by atoms with Gasteiger partial charge in [-0.15, -0.1) is 11.3 Å². The van der Waals surface area contributed by atoms with Crippen molar-refractivity contribution in [2.75, 3.05) is 7.11 Å². The van der Waals surface area contributed by atoms with Crippen molar-refractivity contribution in [2.45, 2.75) is 25.8 Å². The van der Waals surface area contributed by atoms with Crippen molar-refractivity contribution in [2.24, 2.45) is 0 Å². The van der Waals surface area contributed by atoms with Crippen LogP contribution in [0.3, 0.4) is 0 Å². The van der Waals surface area contributed by atoms with Crippen LogP contribution in [0.1, 0.15) is 41.0 Å². The Morgan fingerprint density at radius 3 is 2.86 bits per heavy atom. The van der Waals surface area contributed by atoms with Crippen LogP contribution >= 0.6 is 27.3 Å². The molecule has 3 nitrogen and oxygen atoms in total. The third kappa shape index (κ3) is 4.08. The normalized spacial score (nSPS) is 12.0. The monoisotopic (exact) mass is 367 g/mol. The number of thiophene rings is 1. The minimum Gasteiger partial charge on any atom is -0.496 e. The van der Waals surface area contributed by atoms with Crippen molar-refractivity contribution < 1.29 is 9.53 Å². The van der Waals surface area contributed by atoms with Crippen LogP contribution in [0.2, 0.25) is 0 Å². The maximum absolute atomic E-state index is 12.5. The van der Waals surface area contributed by atoms with Gasteiger partial charge in [-0.1, -0.05) is 35.3 Å². The van der Waals surface area contributed by atoms with Gasteiger partial charge in [0.15, 0.2) is 0 Å². The Kier molecular flexibility index (Phi) is 5.82. The number of rotatable bonds is 6. The molecule has 0 aliphatic carbocycles. The zero-order chi connectivity index (χ0) is 15.2. The molecule has 21 heavy (non-hydrogen) atoms. The van der Waals surface area contributed by atoms with Crippen LogP contribution in [0.15, 0.2) is 40.2 Å². The summed E-state index contributed by atoms with van der Waals surface area (Å²) in [4.78, 5) is 13.7. The molecule has 5 heteroatoms. The fourth-order valence-corrected chi connectivity index (χ4v) is 3.30. The molecule has 0 spiro atoms. The molecule has 1 aromatic heterocycles. The topological polar surface area (TPSA) is 38.3 Å². The second kappa shape index (κ2) is 7.61. The Morgan fingerprint density at radius 1 is 1.43 bits per heavy atom. The first-order chi connectivity index (χ1) is 10.2. The van der Waals surface area contributed by atoms with Gasteiger partial charge >= 0.3 is 0 Å². The van der Waals surface area contributed by atoms with Gasteiger partial charge in [0, 0.05) is 9.35 Å². The molecule has 0 saturated heterocycles. The number of methoxy groups -OCH3 is 1. The first-order valence-corrected chi connectivity index (χ1v) is 8.50. The summed E-state index contributed by atoms with van der Waals surface area (Å²) in [6.45, 7) is 2.12. The van der Waals surface area contributed by atoms with Gasteiger partial charge in [-0.25, -0.2) is 0 Å². The third-order valence-corrected chi connectivity index (χ3v) is 4.66. The molecule has 1 unspecified atom stereocenters. The summed E-state index contributed by atoms with van der Waals surface area (Å²) in [6, 6.07) is 9.54. The zero-order valence-corrected chi connectivity index (χ0v) is 14.5. The van der Waals surface area contributed by atoms with Gasteiger partial charge < -0.3 is 10.1 Å². The highest BCUT2D eigenvalue weighted by atomic mass is 79.9. The highest BCUT2D eigenvalue weighted by Crippen LogP contribution is 2.27. The van der Waals surface area contributed by atoms with Crippen LogP contribution in [0, 0.1) is 0 Å². The first kappa shape index (κ1) is 16.0. The highest BCUT2D eigenvalue weighted by Gasteiger charge is 2.18. The number of benzene rings is 1. The number of hydrogen-bond donors (Lipinski definition) is 1. The molecule has 1 amide bonds. The zero-order valence-electron chi connectivity index (χ0n) is 12.1. The molecule has 0 aliphatic rings. The standard InChI is InChI=1S/C16H18BrNO2S/c1-3-5-13(15-6-4-9-21-15)18-16(19)12-8-7-11(17)10-14(12)20-2/h4,6-10,13H,3,5H2,1-2H3,(H,18,19). The molecule has 2 aromatic rings. The summed E-state index contributed by atoms with van der Waals surface area (Å²) >= 11 is 5.05. The molecular weight excluding hydrogens is 350 g/mol. The minimum atomic E-state index is -0.105. The molecule has 112 valence electrons. The Labute approximate surface area is 137 Å². The maximum atomic E-state index is 12.5. The number of hydrogen-bond acceptors (Lipinski definition) is 3. The smallest absolute Gasteiger partial charge is 0.255 e. The fourth-order valence-electron chi connectivity index (χ4n) is 2.15. The van der Waals surface area contributed by atoms with Crippen LogP contribution in [0.5, 0.6) is 5.75 Å². The molecule has 0 aliphatic heterocycles. The van der Waals surface area contributed by atoms with Crippen molar-refractivity contribution in [1.82, 2.24) is 5.32 Å². The van der Waals surface area contributed by atoms with E-state index in [1.807, 2.05) is 17.5 Å². The molecule has 1 aromatic carbocycles. The van der Waals surface area contributed by atoms with Crippen LogP contribution in [0.25, 0.3) is 0 Å². The van der Waals surface area contributed by atoms with Gasteiger partial charge in [0.25, 0.3) is 5.91 Å². The van der Waals surface area contributed by atoms with Gasteiger partial charge in [-0.2, -0.15) is 0 Å². The van der Waals surface area contributed by atoms with Crippen LogP contribution in [-0.4, -0.2) is 13.0 Å². The maximum Gasteiger partial charge on any atom is 0.255 e. The minimum absolute atomic E-state index is 0.0517. The predicted molar refractivity (Wildman–Crippen MR) is 90.1 cm³/mol. The van der Waals surface area contributed by atoms with Gasteiger partial charge in [-0.3, -0.25) is 4.79 Å². The van der Waals surface area contributed by atoms with E-state index >= 15 is 0 Å². The van der Waals surface area contributed by atoms with Gasteiger partial charge in [-0.05, 0) is 36.1 Å². The summed E-state index contributed by atoms with van der Waals surface area (Å²) in [5.41, 5.74) is 0.554. The largest absolute Gasteiger partial charge is 0.496 e. The summed E-state index contributed by atoms with van der Waals surface area (Å²) in [7, 11) is 1.57. The van der Waals surface area contributed by atoms with E-state index in [4.69, 9.17) is 4.74 Å². The van der Waals surface area contributed by atoms with E-state index in [1.165, 1.54) is 4.88 Å². The lowest BCUT2D eigenvalue weighted by Gasteiger charge is -2.18. The SMILES string of the molecule is CCCC(NC(=O)c1ccc(Br)cc1OC)c1cccs1. The van der Waals surface area contributed by atoms with Crippen molar-refractivity contribution in [3.05, 3.63) is 50.6 Å². The van der Waals surface area contributed by atoms with Gasteiger partial charge in [0.1, 0.15) is 5.75 Å². The predicted octanol–water partition coefficient (Wildman–Crippen LogP) is 4.79. The number of amides is 1. The Morgan fingerprint density at radius 2 is 2.24 bits per heavy atom. The van der Waals surface area contributed by atoms with Crippen LogP contribution in [-0.2, 0) is 0 Å². The molecule has 2 rings (SSSR count). The van der Waals surface area contributed by atoms with E-state index in [0.29, 0.717) is 11.3 Å². The fraction of sp³-hybridized carbons (Fsp3) is 0.312. The second-order valence-electron chi connectivity index (χ2n) is 4.67. The summed E-state index contributed by atoms with van der Waals surface area (Å²) < 4.78 is 6.18. The van der Waals surface area contributed by atoms with E-state index in [0.717, 1.165) is 17.3 Å². The van der Waals surface area contributed by atoms with Crippen LogP contribution < -0.4 is 10.1 Å². The molecular formula is C16H18BrNO2S. The second-order valence-corrected chi connectivity index (χ2v) is 6.57. The van der Waals surface area contributed by atoms with Crippen LogP contribution in [0.4, 0.5) is 0 Å². The first-order valence-electron chi connectivity index (χ1n) is 6.83. The van der Waals surface area contributed by atoms with Gasteiger partial charge in [0.05, 0.1) is 18.7 Å². The average Bonchev–Trinajstić information content (AvgIpc) is 3.00.